The lowest BCUT2D eigenvalue weighted by atomic mass is 9.74. The van der Waals surface area contributed by atoms with E-state index in [0.717, 1.165) is 12.8 Å². The smallest absolute Gasteiger partial charge is 0.139 e. The topological polar surface area (TPSA) is 43.1 Å². The molecule has 1 aromatic carbocycles. The molecule has 0 saturated heterocycles. The fourth-order valence-electron chi connectivity index (χ4n) is 2.59. The molecule has 0 heterocycles. The maximum absolute atomic E-state index is 12.0. The Morgan fingerprint density at radius 1 is 1.29 bits per heavy atom. The van der Waals surface area contributed by atoms with Crippen LogP contribution in [0.4, 0.5) is 0 Å². The second-order valence-electron chi connectivity index (χ2n) is 5.48. The zero-order chi connectivity index (χ0) is 12.5. The molecule has 0 spiro atoms. The normalized spacial score (nSPS) is 17.6. The second-order valence-corrected chi connectivity index (χ2v) is 5.48. The number of ketones is 1. The van der Waals surface area contributed by atoms with Crippen LogP contribution in [0.3, 0.4) is 0 Å². The average Bonchev–Trinajstić information content (AvgIpc) is 2.21. The largest absolute Gasteiger partial charge is 0.325 e. The maximum atomic E-state index is 12.0. The third-order valence-electron chi connectivity index (χ3n) is 3.92. The Bertz CT molecular complexity index is 412. The van der Waals surface area contributed by atoms with Gasteiger partial charge in [0.1, 0.15) is 5.78 Å². The number of carbonyl (C=O) groups is 1. The first kappa shape index (κ1) is 12.3. The highest BCUT2D eigenvalue weighted by Crippen LogP contribution is 2.32. The summed E-state index contributed by atoms with van der Waals surface area (Å²) in [7, 11) is 0. The fourth-order valence-corrected chi connectivity index (χ4v) is 2.59. The number of hydrogen-bond donors (Lipinski definition) is 1. The Hall–Kier alpha value is -1.15. The first-order valence-electron chi connectivity index (χ1n) is 6.36. The van der Waals surface area contributed by atoms with Gasteiger partial charge in [0, 0.05) is 18.4 Å². The van der Waals surface area contributed by atoms with Gasteiger partial charge >= 0.3 is 0 Å². The van der Waals surface area contributed by atoms with E-state index in [4.69, 9.17) is 5.73 Å². The van der Waals surface area contributed by atoms with E-state index in [1.54, 1.807) is 0 Å². The summed E-state index contributed by atoms with van der Waals surface area (Å²) in [6.07, 6.45) is 4.27. The van der Waals surface area contributed by atoms with E-state index in [1.165, 1.54) is 23.1 Å². The molecule has 2 N–H and O–H groups in total. The summed E-state index contributed by atoms with van der Waals surface area (Å²) in [6, 6.07) is 6.17. The highest BCUT2D eigenvalue weighted by Gasteiger charge is 2.34. The molecule has 92 valence electrons. The summed E-state index contributed by atoms with van der Waals surface area (Å²) in [6.45, 7) is 4.13. The lowest BCUT2D eigenvalue weighted by Gasteiger charge is -2.37. The van der Waals surface area contributed by atoms with Crippen LogP contribution in [0.5, 0.6) is 0 Å². The summed E-state index contributed by atoms with van der Waals surface area (Å²) in [4.78, 5) is 12.0. The quantitative estimate of drug-likeness (QED) is 0.865. The highest BCUT2D eigenvalue weighted by atomic mass is 16.1. The predicted octanol–water partition coefficient (Wildman–Crippen LogP) is 2.69. The van der Waals surface area contributed by atoms with Crippen molar-refractivity contribution < 1.29 is 4.79 Å². The van der Waals surface area contributed by atoms with Crippen molar-refractivity contribution in [1.82, 2.24) is 0 Å². The molecule has 1 saturated carbocycles. The zero-order valence-corrected chi connectivity index (χ0v) is 10.8. The molecule has 0 unspecified atom stereocenters. The Morgan fingerprint density at radius 3 is 2.35 bits per heavy atom. The second kappa shape index (κ2) is 4.61. The molecule has 0 bridgehead atoms. The number of Topliss-reactive ketones (excluding diaryl/α,β-unsaturated/α-hetero) is 1. The van der Waals surface area contributed by atoms with E-state index in [0.29, 0.717) is 12.8 Å². The maximum Gasteiger partial charge on any atom is 0.139 e. The van der Waals surface area contributed by atoms with Crippen molar-refractivity contribution in [1.29, 1.82) is 0 Å². The molecule has 0 atom stereocenters. The molecule has 1 fully saturated rings. The van der Waals surface area contributed by atoms with Crippen molar-refractivity contribution in [3.8, 4) is 0 Å². The van der Waals surface area contributed by atoms with E-state index in [-0.39, 0.29) is 11.3 Å². The molecule has 2 rings (SSSR count). The van der Waals surface area contributed by atoms with Gasteiger partial charge in [0.05, 0.1) is 0 Å². The van der Waals surface area contributed by atoms with Crippen molar-refractivity contribution >= 4 is 5.78 Å². The first-order chi connectivity index (χ1) is 8.00. The summed E-state index contributed by atoms with van der Waals surface area (Å²) >= 11 is 0. The van der Waals surface area contributed by atoms with Gasteiger partial charge < -0.3 is 5.73 Å². The number of rotatable bonds is 4. The molecule has 2 heteroatoms. The van der Waals surface area contributed by atoms with Crippen molar-refractivity contribution in [2.24, 2.45) is 5.73 Å². The van der Waals surface area contributed by atoms with Crippen LogP contribution >= 0.6 is 0 Å². The third kappa shape index (κ3) is 2.75. The highest BCUT2D eigenvalue weighted by molar-refractivity contribution is 5.82. The lowest BCUT2D eigenvalue weighted by Crippen LogP contribution is -2.48. The van der Waals surface area contributed by atoms with Crippen LogP contribution in [0.25, 0.3) is 0 Å². The fraction of sp³-hybridized carbons (Fsp3) is 0.533. The van der Waals surface area contributed by atoms with Crippen LogP contribution in [-0.4, -0.2) is 11.3 Å². The van der Waals surface area contributed by atoms with Gasteiger partial charge in [-0.1, -0.05) is 18.2 Å². The average molecular weight is 231 g/mol. The Morgan fingerprint density at radius 2 is 1.88 bits per heavy atom. The van der Waals surface area contributed by atoms with Gasteiger partial charge in [0.2, 0.25) is 0 Å². The van der Waals surface area contributed by atoms with Gasteiger partial charge in [0.15, 0.2) is 0 Å². The summed E-state index contributed by atoms with van der Waals surface area (Å²) < 4.78 is 0. The minimum Gasteiger partial charge on any atom is -0.325 e. The molecule has 0 radical (unpaired) electrons. The summed E-state index contributed by atoms with van der Waals surface area (Å²) in [5, 5.41) is 0. The van der Waals surface area contributed by atoms with Crippen LogP contribution in [0, 0.1) is 13.8 Å². The molecule has 1 aliphatic carbocycles. The summed E-state index contributed by atoms with van der Waals surface area (Å²) in [5.41, 5.74) is 9.52. The molecule has 1 aromatic rings. The predicted molar refractivity (Wildman–Crippen MR) is 70.0 cm³/mol. The Labute approximate surface area is 103 Å². The van der Waals surface area contributed by atoms with Crippen molar-refractivity contribution in [2.45, 2.75) is 51.5 Å². The monoisotopic (exact) mass is 231 g/mol. The molecule has 17 heavy (non-hydrogen) atoms. The number of nitrogens with two attached hydrogens (primary N) is 1. The van der Waals surface area contributed by atoms with E-state index < -0.39 is 0 Å². The van der Waals surface area contributed by atoms with Crippen LogP contribution < -0.4 is 5.73 Å². The molecule has 0 amide bonds. The zero-order valence-electron chi connectivity index (χ0n) is 10.8. The van der Waals surface area contributed by atoms with Gasteiger partial charge in [-0.2, -0.15) is 0 Å². The van der Waals surface area contributed by atoms with Crippen LogP contribution in [0.1, 0.15) is 42.4 Å². The molecule has 0 aromatic heterocycles. The number of aryl methyl sites for hydroxylation is 2. The van der Waals surface area contributed by atoms with Gasteiger partial charge in [-0.3, -0.25) is 4.79 Å². The van der Waals surface area contributed by atoms with E-state index in [1.807, 2.05) is 6.07 Å². The molecule has 0 aliphatic heterocycles. The Balaban J connectivity index is 2.03. The van der Waals surface area contributed by atoms with E-state index in [2.05, 4.69) is 26.0 Å². The molecular formula is C15H21NO. The first-order valence-corrected chi connectivity index (χ1v) is 6.36. The van der Waals surface area contributed by atoms with Crippen LogP contribution in [-0.2, 0) is 11.2 Å². The summed E-state index contributed by atoms with van der Waals surface area (Å²) in [5.74, 6) is 0.282. The minimum atomic E-state index is -0.187. The minimum absolute atomic E-state index is 0.187. The molecule has 1 aliphatic rings. The van der Waals surface area contributed by atoms with Crippen molar-refractivity contribution in [2.75, 3.05) is 0 Å². The lowest BCUT2D eigenvalue weighted by molar-refractivity contribution is -0.120. The standard InChI is InChI=1S/C15H21NO/c1-11-5-3-6-12(2)14(11)9-13(17)10-15(16)7-4-8-15/h3,5-6H,4,7-10,16H2,1-2H3. The van der Waals surface area contributed by atoms with Crippen molar-refractivity contribution in [3.05, 3.63) is 34.9 Å². The van der Waals surface area contributed by atoms with Gasteiger partial charge in [-0.25, -0.2) is 0 Å². The molecular weight excluding hydrogens is 210 g/mol. The third-order valence-corrected chi connectivity index (χ3v) is 3.92. The number of hydrogen-bond acceptors (Lipinski definition) is 2. The van der Waals surface area contributed by atoms with E-state index >= 15 is 0 Å². The van der Waals surface area contributed by atoms with Gasteiger partial charge in [-0.15, -0.1) is 0 Å². The number of benzene rings is 1. The molecule has 2 nitrogen and oxygen atoms in total. The van der Waals surface area contributed by atoms with Crippen LogP contribution in [0.15, 0.2) is 18.2 Å². The number of carbonyl (C=O) groups excluding carboxylic acids is 1. The van der Waals surface area contributed by atoms with Crippen LogP contribution in [0.2, 0.25) is 0 Å². The van der Waals surface area contributed by atoms with Gasteiger partial charge in [-0.05, 0) is 49.8 Å². The van der Waals surface area contributed by atoms with E-state index in [9.17, 15) is 4.79 Å². The van der Waals surface area contributed by atoms with Crippen molar-refractivity contribution in [3.63, 3.8) is 0 Å². The Kier molecular flexibility index (Phi) is 3.34. The van der Waals surface area contributed by atoms with Gasteiger partial charge in [0.25, 0.3) is 0 Å². The SMILES string of the molecule is Cc1cccc(C)c1CC(=O)CC1(N)CCC1.